The number of non-ortho nitro benzene ring substituents is 1. The summed E-state index contributed by atoms with van der Waals surface area (Å²) < 4.78 is 5.04. The Hall–Kier alpha value is -3.13. The van der Waals surface area contributed by atoms with Crippen LogP contribution in [0.5, 0.6) is 5.75 Å². The SMILES string of the molecule is COc1ccc(NC(=O)c2n[nH]c3ccc([N+](=O)[O-])cc23)cc1Cl. The third-order valence-corrected chi connectivity index (χ3v) is 3.68. The highest BCUT2D eigenvalue weighted by Gasteiger charge is 2.17. The number of fused-ring (bicyclic) bond motifs is 1. The van der Waals surface area contributed by atoms with Crippen molar-refractivity contribution in [1.82, 2.24) is 10.2 Å². The molecule has 8 nitrogen and oxygen atoms in total. The molecule has 3 aromatic rings. The van der Waals surface area contributed by atoms with Crippen molar-refractivity contribution in [2.24, 2.45) is 0 Å². The molecule has 1 amide bonds. The van der Waals surface area contributed by atoms with Crippen molar-refractivity contribution in [1.29, 1.82) is 0 Å². The highest BCUT2D eigenvalue weighted by molar-refractivity contribution is 6.32. The number of ether oxygens (including phenoxy) is 1. The Bertz CT molecular complexity index is 954. The van der Waals surface area contributed by atoms with Crippen LogP contribution in [0.1, 0.15) is 10.5 Å². The van der Waals surface area contributed by atoms with Crippen LogP contribution >= 0.6 is 11.6 Å². The summed E-state index contributed by atoms with van der Waals surface area (Å²) in [6.45, 7) is 0. The minimum absolute atomic E-state index is 0.0561. The number of carbonyl (C=O) groups excluding carboxylic acids is 1. The first-order valence-electron chi connectivity index (χ1n) is 6.77. The molecule has 0 atom stereocenters. The summed E-state index contributed by atoms with van der Waals surface area (Å²) in [7, 11) is 1.49. The lowest BCUT2D eigenvalue weighted by Crippen LogP contribution is -2.12. The van der Waals surface area contributed by atoms with Gasteiger partial charge in [-0.3, -0.25) is 20.0 Å². The topological polar surface area (TPSA) is 110 Å². The maximum Gasteiger partial charge on any atom is 0.276 e. The number of hydrogen-bond donors (Lipinski definition) is 2. The quantitative estimate of drug-likeness (QED) is 0.555. The van der Waals surface area contributed by atoms with Crippen molar-refractivity contribution < 1.29 is 14.5 Å². The molecular formula is C15H11ClN4O4. The summed E-state index contributed by atoms with van der Waals surface area (Å²) in [6, 6.07) is 8.92. The molecule has 1 aromatic heterocycles. The molecule has 122 valence electrons. The van der Waals surface area contributed by atoms with E-state index in [0.717, 1.165) is 0 Å². The van der Waals surface area contributed by atoms with Crippen molar-refractivity contribution >= 4 is 39.8 Å². The molecule has 0 saturated heterocycles. The van der Waals surface area contributed by atoms with E-state index in [-0.39, 0.29) is 11.4 Å². The summed E-state index contributed by atoms with van der Waals surface area (Å²) in [5, 5.41) is 20.8. The van der Waals surface area contributed by atoms with Gasteiger partial charge in [-0.2, -0.15) is 5.10 Å². The molecular weight excluding hydrogens is 336 g/mol. The molecule has 2 aromatic carbocycles. The van der Waals surface area contributed by atoms with Gasteiger partial charge in [-0.05, 0) is 24.3 Å². The number of nitro groups is 1. The van der Waals surface area contributed by atoms with Crippen molar-refractivity contribution in [2.45, 2.75) is 0 Å². The van der Waals surface area contributed by atoms with Crippen LogP contribution in [0, 0.1) is 10.1 Å². The van der Waals surface area contributed by atoms with E-state index in [4.69, 9.17) is 16.3 Å². The van der Waals surface area contributed by atoms with Crippen LogP contribution in [0.15, 0.2) is 36.4 Å². The zero-order valence-electron chi connectivity index (χ0n) is 12.4. The molecule has 0 saturated carbocycles. The van der Waals surface area contributed by atoms with Gasteiger partial charge < -0.3 is 10.1 Å². The molecule has 9 heteroatoms. The molecule has 0 spiro atoms. The van der Waals surface area contributed by atoms with E-state index < -0.39 is 10.8 Å². The second-order valence-electron chi connectivity index (χ2n) is 4.86. The fourth-order valence-electron chi connectivity index (χ4n) is 2.22. The standard InChI is InChI=1S/C15H11ClN4O4/c1-24-13-5-2-8(6-11(13)16)17-15(21)14-10-7-9(20(22)23)3-4-12(10)18-19-14/h2-7H,1H3,(H,17,21)(H,18,19). The summed E-state index contributed by atoms with van der Waals surface area (Å²) in [5.74, 6) is -0.0292. The first-order valence-corrected chi connectivity index (χ1v) is 7.15. The molecule has 0 aliphatic carbocycles. The molecule has 0 aliphatic heterocycles. The van der Waals surface area contributed by atoms with Crippen molar-refractivity contribution in [3.8, 4) is 5.75 Å². The molecule has 2 N–H and O–H groups in total. The zero-order chi connectivity index (χ0) is 17.3. The van der Waals surface area contributed by atoms with E-state index >= 15 is 0 Å². The van der Waals surface area contributed by atoms with Crippen LogP contribution in [-0.4, -0.2) is 28.1 Å². The summed E-state index contributed by atoms with van der Waals surface area (Å²) in [4.78, 5) is 22.8. The number of rotatable bonds is 4. The third kappa shape index (κ3) is 2.86. The van der Waals surface area contributed by atoms with Gasteiger partial charge in [0, 0.05) is 23.2 Å². The van der Waals surface area contributed by atoms with Crippen LogP contribution < -0.4 is 10.1 Å². The van der Waals surface area contributed by atoms with Gasteiger partial charge in [-0.1, -0.05) is 11.6 Å². The van der Waals surface area contributed by atoms with Gasteiger partial charge in [0.15, 0.2) is 5.69 Å². The zero-order valence-corrected chi connectivity index (χ0v) is 13.1. The Kier molecular flexibility index (Phi) is 4.05. The van der Waals surface area contributed by atoms with Crippen LogP contribution in [0.25, 0.3) is 10.9 Å². The first kappa shape index (κ1) is 15.8. The summed E-state index contributed by atoms with van der Waals surface area (Å²) in [5.41, 5.74) is 0.914. The Morgan fingerprint density at radius 2 is 2.12 bits per heavy atom. The predicted molar refractivity (Wildman–Crippen MR) is 88.7 cm³/mol. The maximum atomic E-state index is 12.4. The van der Waals surface area contributed by atoms with E-state index in [2.05, 4.69) is 15.5 Å². The molecule has 0 bridgehead atoms. The fourth-order valence-corrected chi connectivity index (χ4v) is 2.48. The minimum atomic E-state index is -0.530. The lowest BCUT2D eigenvalue weighted by molar-refractivity contribution is -0.384. The predicted octanol–water partition coefficient (Wildman–Crippen LogP) is 3.39. The largest absolute Gasteiger partial charge is 0.495 e. The van der Waals surface area contributed by atoms with E-state index in [9.17, 15) is 14.9 Å². The molecule has 24 heavy (non-hydrogen) atoms. The van der Waals surface area contributed by atoms with Crippen molar-refractivity contribution in [2.75, 3.05) is 12.4 Å². The van der Waals surface area contributed by atoms with Gasteiger partial charge in [0.2, 0.25) is 0 Å². The number of nitrogens with zero attached hydrogens (tertiary/aromatic N) is 2. The van der Waals surface area contributed by atoms with E-state index in [0.29, 0.717) is 27.4 Å². The fraction of sp³-hybridized carbons (Fsp3) is 0.0667. The number of anilines is 1. The Morgan fingerprint density at radius 1 is 1.33 bits per heavy atom. The van der Waals surface area contributed by atoms with Gasteiger partial charge in [-0.25, -0.2) is 0 Å². The maximum absolute atomic E-state index is 12.4. The van der Waals surface area contributed by atoms with E-state index in [1.807, 2.05) is 0 Å². The number of halogens is 1. The molecule has 1 heterocycles. The Morgan fingerprint density at radius 3 is 2.79 bits per heavy atom. The van der Waals surface area contributed by atoms with Crippen molar-refractivity contribution in [3.63, 3.8) is 0 Å². The Balaban J connectivity index is 1.92. The van der Waals surface area contributed by atoms with Crippen LogP contribution in [-0.2, 0) is 0 Å². The van der Waals surface area contributed by atoms with Gasteiger partial charge in [0.05, 0.1) is 22.6 Å². The average Bonchev–Trinajstić information content (AvgIpc) is 2.98. The van der Waals surface area contributed by atoms with E-state index in [1.165, 1.54) is 31.4 Å². The van der Waals surface area contributed by atoms with Gasteiger partial charge >= 0.3 is 0 Å². The number of hydrogen-bond acceptors (Lipinski definition) is 5. The Labute approximate surface area is 140 Å². The second-order valence-corrected chi connectivity index (χ2v) is 5.27. The average molecular weight is 347 g/mol. The number of nitrogens with one attached hydrogen (secondary N) is 2. The molecule has 0 unspecified atom stereocenters. The summed E-state index contributed by atoms with van der Waals surface area (Å²) in [6.07, 6.45) is 0. The number of H-pyrrole nitrogens is 1. The minimum Gasteiger partial charge on any atom is -0.495 e. The number of aromatic nitrogens is 2. The first-order chi connectivity index (χ1) is 11.5. The monoisotopic (exact) mass is 346 g/mol. The molecule has 0 radical (unpaired) electrons. The number of methoxy groups -OCH3 is 1. The summed E-state index contributed by atoms with van der Waals surface area (Å²) >= 11 is 6.02. The third-order valence-electron chi connectivity index (χ3n) is 3.38. The van der Waals surface area contributed by atoms with E-state index in [1.54, 1.807) is 12.1 Å². The van der Waals surface area contributed by atoms with Gasteiger partial charge in [0.25, 0.3) is 11.6 Å². The highest BCUT2D eigenvalue weighted by Crippen LogP contribution is 2.28. The van der Waals surface area contributed by atoms with Gasteiger partial charge in [-0.15, -0.1) is 0 Å². The highest BCUT2D eigenvalue weighted by atomic mass is 35.5. The van der Waals surface area contributed by atoms with Crippen LogP contribution in [0.2, 0.25) is 5.02 Å². The number of nitro benzene ring substituents is 1. The number of amides is 1. The molecule has 0 aliphatic rings. The molecule has 0 fully saturated rings. The number of benzene rings is 2. The normalized spacial score (nSPS) is 10.6. The van der Waals surface area contributed by atoms with Crippen LogP contribution in [0.3, 0.4) is 0 Å². The number of aromatic amines is 1. The lowest BCUT2D eigenvalue weighted by Gasteiger charge is -2.07. The molecule has 3 rings (SSSR count). The van der Waals surface area contributed by atoms with Crippen LogP contribution in [0.4, 0.5) is 11.4 Å². The lowest BCUT2D eigenvalue weighted by atomic mass is 10.2. The van der Waals surface area contributed by atoms with Gasteiger partial charge in [0.1, 0.15) is 5.75 Å². The smallest absolute Gasteiger partial charge is 0.276 e. The second kappa shape index (κ2) is 6.17. The van der Waals surface area contributed by atoms with Crippen molar-refractivity contribution in [3.05, 3.63) is 57.2 Å². The number of carbonyl (C=O) groups is 1.